The maximum atomic E-state index is 12.0. The first-order chi connectivity index (χ1) is 11.0. The van der Waals surface area contributed by atoms with Gasteiger partial charge in [0.05, 0.1) is 23.5 Å². The number of esters is 1. The van der Waals surface area contributed by atoms with Crippen molar-refractivity contribution in [3.63, 3.8) is 0 Å². The average molecular weight is 313 g/mol. The summed E-state index contributed by atoms with van der Waals surface area (Å²) in [5.41, 5.74) is 9.20. The summed E-state index contributed by atoms with van der Waals surface area (Å²) in [5, 5.41) is 0.911. The zero-order valence-corrected chi connectivity index (χ0v) is 13.7. The van der Waals surface area contributed by atoms with Crippen LogP contribution in [0.4, 0.5) is 11.4 Å². The van der Waals surface area contributed by atoms with Crippen molar-refractivity contribution >= 4 is 28.2 Å². The van der Waals surface area contributed by atoms with Gasteiger partial charge in [-0.1, -0.05) is 12.2 Å². The smallest absolute Gasteiger partial charge is 0.354 e. The van der Waals surface area contributed by atoms with Gasteiger partial charge in [-0.2, -0.15) is 0 Å². The van der Waals surface area contributed by atoms with Crippen LogP contribution in [0.5, 0.6) is 0 Å². The minimum absolute atomic E-state index is 0.333. The van der Waals surface area contributed by atoms with E-state index in [0.717, 1.165) is 16.6 Å². The quantitative estimate of drug-likeness (QED) is 0.485. The van der Waals surface area contributed by atoms with E-state index in [4.69, 9.17) is 10.5 Å². The van der Waals surface area contributed by atoms with Crippen molar-refractivity contribution in [1.29, 1.82) is 0 Å². The highest BCUT2D eigenvalue weighted by Gasteiger charge is 2.17. The fourth-order valence-electron chi connectivity index (χ4n) is 2.65. The monoisotopic (exact) mass is 313 g/mol. The first-order valence-electron chi connectivity index (χ1n) is 7.56. The van der Waals surface area contributed by atoms with Gasteiger partial charge >= 0.3 is 5.97 Å². The van der Waals surface area contributed by atoms with Crippen LogP contribution < -0.4 is 10.6 Å². The Morgan fingerprint density at radius 3 is 2.52 bits per heavy atom. The molecule has 1 heterocycles. The summed E-state index contributed by atoms with van der Waals surface area (Å²) in [6, 6.07) is 5.67. The minimum Gasteiger partial charge on any atom is -0.461 e. The van der Waals surface area contributed by atoms with E-state index < -0.39 is 0 Å². The number of nitrogen functional groups attached to an aromatic ring is 1. The van der Waals surface area contributed by atoms with Crippen LogP contribution >= 0.6 is 0 Å². The third-order valence-electron chi connectivity index (χ3n) is 3.72. The van der Waals surface area contributed by atoms with Gasteiger partial charge in [-0.25, -0.2) is 4.79 Å². The van der Waals surface area contributed by atoms with Crippen molar-refractivity contribution < 1.29 is 9.53 Å². The molecular formula is C18H23N3O2. The molecule has 0 saturated heterocycles. The van der Waals surface area contributed by atoms with Gasteiger partial charge in [0.1, 0.15) is 5.69 Å². The maximum absolute atomic E-state index is 12.0. The van der Waals surface area contributed by atoms with Gasteiger partial charge in [-0.3, -0.25) is 0 Å². The third kappa shape index (κ3) is 3.23. The summed E-state index contributed by atoms with van der Waals surface area (Å²) in [6.07, 6.45) is 3.64. The maximum Gasteiger partial charge on any atom is 0.354 e. The van der Waals surface area contributed by atoms with Gasteiger partial charge in [-0.05, 0) is 25.1 Å². The molecule has 0 aliphatic heterocycles. The van der Waals surface area contributed by atoms with Crippen LogP contribution in [0.3, 0.4) is 0 Å². The standard InChI is InChI=1S/C18H23N3O2/c1-5-8-21(9-6-2)16-12-15-13(10-14(16)19)11-17(20(15)4)18(22)23-7-3/h5-6,10-12H,1-2,7-9,19H2,3-4H3. The number of hydrogen-bond donors (Lipinski definition) is 1. The molecule has 0 aliphatic carbocycles. The van der Waals surface area contributed by atoms with E-state index in [0.29, 0.717) is 31.1 Å². The van der Waals surface area contributed by atoms with E-state index in [1.807, 2.05) is 35.9 Å². The molecule has 2 N–H and O–H groups in total. The number of carbonyl (C=O) groups is 1. The molecule has 1 aromatic heterocycles. The number of aryl methyl sites for hydroxylation is 1. The summed E-state index contributed by atoms with van der Waals surface area (Å²) in [7, 11) is 1.85. The molecule has 0 amide bonds. The Labute approximate surface area is 136 Å². The number of anilines is 2. The number of ether oxygens (including phenoxy) is 1. The Hall–Kier alpha value is -2.69. The molecule has 0 unspecified atom stereocenters. The SMILES string of the molecule is C=CCN(CC=C)c1cc2c(cc1N)cc(C(=O)OCC)n2C. The lowest BCUT2D eigenvalue weighted by atomic mass is 10.1. The Bertz CT molecular complexity index is 736. The summed E-state index contributed by atoms with van der Waals surface area (Å²) in [5.74, 6) is -0.333. The number of rotatable bonds is 7. The molecule has 0 spiro atoms. The Morgan fingerprint density at radius 2 is 1.96 bits per heavy atom. The van der Waals surface area contributed by atoms with Crippen molar-refractivity contribution in [2.75, 3.05) is 30.3 Å². The number of aromatic nitrogens is 1. The number of nitrogens with zero attached hydrogens (tertiary/aromatic N) is 2. The second-order valence-corrected chi connectivity index (χ2v) is 5.26. The first kappa shape index (κ1) is 16.7. The molecule has 0 radical (unpaired) electrons. The molecule has 0 fully saturated rings. The molecule has 23 heavy (non-hydrogen) atoms. The van der Waals surface area contributed by atoms with E-state index in [1.54, 1.807) is 13.0 Å². The molecule has 0 saturated carbocycles. The number of carbonyl (C=O) groups excluding carboxylic acids is 1. The minimum atomic E-state index is -0.333. The Balaban J connectivity index is 2.55. The highest BCUT2D eigenvalue weighted by molar-refractivity contribution is 5.98. The zero-order chi connectivity index (χ0) is 17.0. The van der Waals surface area contributed by atoms with Crippen LogP contribution in [0.2, 0.25) is 0 Å². The van der Waals surface area contributed by atoms with Gasteiger partial charge in [0.25, 0.3) is 0 Å². The van der Waals surface area contributed by atoms with E-state index >= 15 is 0 Å². The lowest BCUT2D eigenvalue weighted by Crippen LogP contribution is -2.24. The van der Waals surface area contributed by atoms with Gasteiger partial charge in [0.2, 0.25) is 0 Å². The van der Waals surface area contributed by atoms with Crippen molar-refractivity contribution in [1.82, 2.24) is 4.57 Å². The summed E-state index contributed by atoms with van der Waals surface area (Å²) in [4.78, 5) is 14.1. The fraction of sp³-hybridized carbons (Fsp3) is 0.278. The highest BCUT2D eigenvalue weighted by Crippen LogP contribution is 2.31. The fourth-order valence-corrected chi connectivity index (χ4v) is 2.65. The molecule has 5 nitrogen and oxygen atoms in total. The van der Waals surface area contributed by atoms with Gasteiger partial charge in [-0.15, -0.1) is 13.2 Å². The Kier molecular flexibility index (Phi) is 5.11. The molecule has 5 heteroatoms. The number of benzene rings is 1. The van der Waals surface area contributed by atoms with Gasteiger partial charge in [0, 0.05) is 25.5 Å². The highest BCUT2D eigenvalue weighted by atomic mass is 16.5. The predicted molar refractivity (Wildman–Crippen MR) is 95.9 cm³/mol. The normalized spacial score (nSPS) is 10.5. The lowest BCUT2D eigenvalue weighted by Gasteiger charge is -2.23. The van der Waals surface area contributed by atoms with E-state index in [1.165, 1.54) is 0 Å². The van der Waals surface area contributed by atoms with Crippen LogP contribution in [0.25, 0.3) is 10.9 Å². The van der Waals surface area contributed by atoms with E-state index in [-0.39, 0.29) is 5.97 Å². The molecular weight excluding hydrogens is 290 g/mol. The van der Waals surface area contributed by atoms with Crippen LogP contribution in [-0.4, -0.2) is 30.2 Å². The topological polar surface area (TPSA) is 60.5 Å². The van der Waals surface area contributed by atoms with Crippen molar-refractivity contribution in [2.24, 2.45) is 7.05 Å². The number of fused-ring (bicyclic) bond motifs is 1. The van der Waals surface area contributed by atoms with Crippen LogP contribution in [0.15, 0.2) is 43.5 Å². The first-order valence-corrected chi connectivity index (χ1v) is 7.56. The molecule has 0 aliphatic rings. The van der Waals surface area contributed by atoms with Crippen molar-refractivity contribution in [3.05, 3.63) is 49.2 Å². The average Bonchev–Trinajstić information content (AvgIpc) is 2.83. The Morgan fingerprint density at radius 1 is 1.30 bits per heavy atom. The summed E-state index contributed by atoms with van der Waals surface area (Å²) >= 11 is 0. The van der Waals surface area contributed by atoms with E-state index in [9.17, 15) is 4.79 Å². The van der Waals surface area contributed by atoms with Crippen LogP contribution in [0.1, 0.15) is 17.4 Å². The van der Waals surface area contributed by atoms with Crippen LogP contribution in [0, 0.1) is 0 Å². The largest absolute Gasteiger partial charge is 0.461 e. The second-order valence-electron chi connectivity index (χ2n) is 5.26. The van der Waals surface area contributed by atoms with Gasteiger partial charge < -0.3 is 19.9 Å². The number of hydrogen-bond acceptors (Lipinski definition) is 4. The molecule has 2 aromatic rings. The van der Waals surface area contributed by atoms with E-state index in [2.05, 4.69) is 18.1 Å². The zero-order valence-electron chi connectivity index (χ0n) is 13.7. The predicted octanol–water partition coefficient (Wildman–Crippen LogP) is 3.12. The molecule has 1 aromatic carbocycles. The third-order valence-corrected chi connectivity index (χ3v) is 3.72. The lowest BCUT2D eigenvalue weighted by molar-refractivity contribution is 0.0516. The van der Waals surface area contributed by atoms with Gasteiger partial charge in [0.15, 0.2) is 0 Å². The molecule has 122 valence electrons. The molecule has 0 bridgehead atoms. The van der Waals surface area contributed by atoms with Crippen molar-refractivity contribution in [3.8, 4) is 0 Å². The molecule has 0 atom stereocenters. The van der Waals surface area contributed by atoms with Crippen molar-refractivity contribution in [2.45, 2.75) is 6.92 Å². The summed E-state index contributed by atoms with van der Waals surface area (Å²) < 4.78 is 6.93. The number of nitrogens with two attached hydrogens (primary N) is 1. The summed E-state index contributed by atoms with van der Waals surface area (Å²) in [6.45, 7) is 11.0. The van der Waals surface area contributed by atoms with Crippen LogP contribution in [-0.2, 0) is 11.8 Å². The second kappa shape index (κ2) is 7.05. The molecule has 2 rings (SSSR count).